The Bertz CT molecular complexity index is 706. The molecule has 0 N–H and O–H groups in total. The average Bonchev–Trinajstić information content (AvgIpc) is 2.41. The van der Waals surface area contributed by atoms with Gasteiger partial charge in [-0.3, -0.25) is 10.1 Å². The van der Waals surface area contributed by atoms with E-state index in [0.29, 0.717) is 6.54 Å². The van der Waals surface area contributed by atoms with Gasteiger partial charge in [-0.25, -0.2) is 10.1 Å². The van der Waals surface area contributed by atoms with Crippen molar-refractivity contribution in [2.45, 2.75) is 6.54 Å². The monoisotopic (exact) mass is 274 g/mol. The second-order valence-electron chi connectivity index (χ2n) is 3.95. The number of pyridine rings is 1. The first-order valence-corrected chi connectivity index (χ1v) is 5.64. The van der Waals surface area contributed by atoms with Gasteiger partial charge in [0.2, 0.25) is 5.49 Å². The Morgan fingerprint density at radius 2 is 1.75 bits per heavy atom. The lowest BCUT2D eigenvalue weighted by atomic mass is 10.2. The SMILES string of the molecule is O=[N+]([O-])/N=c1\ccccn1Cc1ccc([N+](=O)[O-])cc1. The minimum absolute atomic E-state index is 0.00186. The molecular formula is C12H10N4O4. The summed E-state index contributed by atoms with van der Waals surface area (Å²) in [5, 5.41) is 23.5. The highest BCUT2D eigenvalue weighted by molar-refractivity contribution is 5.32. The van der Waals surface area contributed by atoms with E-state index in [0.717, 1.165) is 5.56 Å². The molecule has 0 fully saturated rings. The fourth-order valence-corrected chi connectivity index (χ4v) is 1.70. The van der Waals surface area contributed by atoms with Crippen molar-refractivity contribution in [3.05, 3.63) is 79.9 Å². The van der Waals surface area contributed by atoms with E-state index in [9.17, 15) is 20.2 Å². The average molecular weight is 274 g/mol. The van der Waals surface area contributed by atoms with E-state index >= 15 is 0 Å². The van der Waals surface area contributed by atoms with E-state index in [1.807, 2.05) is 0 Å². The summed E-state index contributed by atoms with van der Waals surface area (Å²) < 4.78 is 1.59. The number of aromatic nitrogens is 1. The van der Waals surface area contributed by atoms with Crippen molar-refractivity contribution < 1.29 is 9.96 Å². The molecule has 8 nitrogen and oxygen atoms in total. The van der Waals surface area contributed by atoms with Gasteiger partial charge in [-0.05, 0) is 17.7 Å². The molecule has 0 bridgehead atoms. The first-order chi connectivity index (χ1) is 9.56. The van der Waals surface area contributed by atoms with E-state index in [1.54, 1.807) is 35.0 Å². The number of rotatable bonds is 4. The highest BCUT2D eigenvalue weighted by atomic mass is 16.7. The molecular weight excluding hydrogens is 264 g/mol. The fraction of sp³-hybridized carbons (Fsp3) is 0.0833. The van der Waals surface area contributed by atoms with Gasteiger partial charge in [-0.1, -0.05) is 18.2 Å². The first-order valence-electron chi connectivity index (χ1n) is 5.64. The summed E-state index contributed by atoms with van der Waals surface area (Å²) in [5.41, 5.74) is 0.990. The van der Waals surface area contributed by atoms with Crippen molar-refractivity contribution in [1.82, 2.24) is 4.57 Å². The van der Waals surface area contributed by atoms with Gasteiger partial charge in [0.1, 0.15) is 0 Å². The lowest BCUT2D eigenvalue weighted by Crippen LogP contribution is -2.21. The minimum atomic E-state index is -0.762. The predicted molar refractivity (Wildman–Crippen MR) is 69.2 cm³/mol. The smallest absolute Gasteiger partial charge is 0.269 e. The highest BCUT2D eigenvalue weighted by Crippen LogP contribution is 2.12. The summed E-state index contributed by atoms with van der Waals surface area (Å²) in [7, 11) is 0. The summed E-state index contributed by atoms with van der Waals surface area (Å²) >= 11 is 0. The molecule has 102 valence electrons. The zero-order valence-corrected chi connectivity index (χ0v) is 10.2. The molecule has 0 amide bonds. The zero-order valence-electron chi connectivity index (χ0n) is 10.2. The maximum absolute atomic E-state index is 10.6. The Morgan fingerprint density at radius 1 is 1.05 bits per heavy atom. The number of hydrogen-bond donors (Lipinski definition) is 0. The van der Waals surface area contributed by atoms with Crippen LogP contribution < -0.4 is 5.49 Å². The molecule has 0 aliphatic carbocycles. The Balaban J connectivity index is 2.31. The molecule has 2 rings (SSSR count). The number of benzene rings is 1. The summed E-state index contributed by atoms with van der Waals surface area (Å²) in [4.78, 5) is 20.5. The van der Waals surface area contributed by atoms with Crippen LogP contribution in [0.15, 0.2) is 53.8 Å². The molecule has 20 heavy (non-hydrogen) atoms. The van der Waals surface area contributed by atoms with Gasteiger partial charge >= 0.3 is 0 Å². The molecule has 1 heterocycles. The van der Waals surface area contributed by atoms with Crippen molar-refractivity contribution in [2.24, 2.45) is 5.10 Å². The van der Waals surface area contributed by atoms with Gasteiger partial charge in [0.25, 0.3) is 5.69 Å². The standard InChI is InChI=1S/C12H10N4O4/c17-15(18)11-6-4-10(5-7-11)9-14-8-2-1-3-12(14)13-16(19)20/h1-8H,9H2/b13-12+. The molecule has 0 aliphatic heterocycles. The molecule has 8 heteroatoms. The zero-order chi connectivity index (χ0) is 14.5. The van der Waals surface area contributed by atoms with Crippen LogP contribution in [0.4, 0.5) is 5.69 Å². The molecule has 0 atom stereocenters. The number of non-ortho nitro benzene ring substituents is 1. The molecule has 0 saturated heterocycles. The van der Waals surface area contributed by atoms with Crippen molar-refractivity contribution in [3.8, 4) is 0 Å². The van der Waals surface area contributed by atoms with Crippen LogP contribution in [0.5, 0.6) is 0 Å². The van der Waals surface area contributed by atoms with Crippen LogP contribution >= 0.6 is 0 Å². The largest absolute Gasteiger partial charge is 0.324 e. The van der Waals surface area contributed by atoms with Crippen LogP contribution in [0.1, 0.15) is 5.56 Å². The van der Waals surface area contributed by atoms with E-state index in [1.165, 1.54) is 18.2 Å². The normalized spacial score (nSPS) is 11.3. The Kier molecular flexibility index (Phi) is 3.85. The number of nitro groups is 2. The van der Waals surface area contributed by atoms with Gasteiger partial charge in [0, 0.05) is 24.9 Å². The topological polar surface area (TPSA) is 104 Å². The van der Waals surface area contributed by atoms with Gasteiger partial charge in [0.15, 0.2) is 5.03 Å². The second kappa shape index (κ2) is 5.74. The van der Waals surface area contributed by atoms with E-state index < -0.39 is 9.96 Å². The Hall–Kier alpha value is -3.03. The molecule has 0 saturated carbocycles. The third-order valence-corrected chi connectivity index (χ3v) is 2.60. The molecule has 2 aromatic rings. The quantitative estimate of drug-likeness (QED) is 0.622. The molecule has 0 aliphatic rings. The lowest BCUT2D eigenvalue weighted by Gasteiger charge is -2.05. The molecule has 1 aromatic carbocycles. The molecule has 0 unspecified atom stereocenters. The summed E-state index contributed by atoms with van der Waals surface area (Å²) in [5.74, 6) is 0. The Morgan fingerprint density at radius 3 is 2.35 bits per heavy atom. The van der Waals surface area contributed by atoms with Crippen LogP contribution in [0.25, 0.3) is 0 Å². The summed E-state index contributed by atoms with van der Waals surface area (Å²) in [6.45, 7) is 0.339. The van der Waals surface area contributed by atoms with E-state index in [-0.39, 0.29) is 11.2 Å². The van der Waals surface area contributed by atoms with Crippen LogP contribution in [-0.2, 0) is 6.54 Å². The van der Waals surface area contributed by atoms with E-state index in [2.05, 4.69) is 5.10 Å². The maximum Gasteiger partial charge on any atom is 0.269 e. The van der Waals surface area contributed by atoms with Crippen molar-refractivity contribution in [2.75, 3.05) is 0 Å². The van der Waals surface area contributed by atoms with Gasteiger partial charge in [-0.2, -0.15) is 0 Å². The maximum atomic E-state index is 10.6. The molecule has 0 spiro atoms. The minimum Gasteiger partial charge on any atom is -0.324 e. The fourth-order valence-electron chi connectivity index (χ4n) is 1.70. The Labute approximate surface area is 112 Å². The predicted octanol–water partition coefficient (Wildman–Crippen LogP) is 1.54. The van der Waals surface area contributed by atoms with Crippen molar-refractivity contribution in [1.29, 1.82) is 0 Å². The number of nitrogens with zero attached hydrogens (tertiary/aromatic N) is 4. The van der Waals surface area contributed by atoms with Crippen LogP contribution in [-0.4, -0.2) is 14.5 Å². The second-order valence-corrected chi connectivity index (χ2v) is 3.95. The highest BCUT2D eigenvalue weighted by Gasteiger charge is 2.05. The third-order valence-electron chi connectivity index (χ3n) is 2.60. The summed E-state index contributed by atoms with van der Waals surface area (Å²) in [6.07, 6.45) is 1.66. The van der Waals surface area contributed by atoms with Gasteiger partial charge in [0.05, 0.1) is 10.0 Å². The van der Waals surface area contributed by atoms with Crippen molar-refractivity contribution in [3.63, 3.8) is 0 Å². The van der Waals surface area contributed by atoms with Crippen LogP contribution in [0.2, 0.25) is 0 Å². The number of hydrogen-bond acceptors (Lipinski definition) is 4. The van der Waals surface area contributed by atoms with E-state index in [4.69, 9.17) is 0 Å². The number of nitro benzene ring substituents is 1. The van der Waals surface area contributed by atoms with Crippen LogP contribution in [0, 0.1) is 20.2 Å². The molecule has 0 radical (unpaired) electrons. The van der Waals surface area contributed by atoms with Gasteiger partial charge < -0.3 is 4.57 Å². The third kappa shape index (κ3) is 3.25. The summed E-state index contributed by atoms with van der Waals surface area (Å²) in [6, 6.07) is 10.9. The lowest BCUT2D eigenvalue weighted by molar-refractivity contribution is -0.490. The first kappa shape index (κ1) is 13.4. The van der Waals surface area contributed by atoms with Crippen LogP contribution in [0.3, 0.4) is 0 Å². The van der Waals surface area contributed by atoms with Gasteiger partial charge in [-0.15, -0.1) is 0 Å². The molecule has 1 aromatic heterocycles. The van der Waals surface area contributed by atoms with Crippen molar-refractivity contribution >= 4 is 5.69 Å².